The molecular weight excluding hydrogens is 308 g/mol. The molecule has 0 radical (unpaired) electrons. The number of amides is 1. The molecule has 1 amide bonds. The van der Waals surface area contributed by atoms with Gasteiger partial charge in [-0.05, 0) is 60.4 Å². The summed E-state index contributed by atoms with van der Waals surface area (Å²) in [4.78, 5) is 28.6. The van der Waals surface area contributed by atoms with Crippen LogP contribution in [0.4, 0.5) is 4.79 Å². The zero-order valence-corrected chi connectivity index (χ0v) is 15.7. The first-order chi connectivity index (χ1) is 11.2. The van der Waals surface area contributed by atoms with Crippen molar-refractivity contribution >= 4 is 12.1 Å². The molecule has 2 heterocycles. The fraction of sp³-hybridized carbons (Fsp3) is 0.889. The Morgan fingerprint density at radius 3 is 2.21 bits per heavy atom. The van der Waals surface area contributed by atoms with Crippen molar-refractivity contribution < 1.29 is 19.1 Å². The lowest BCUT2D eigenvalue weighted by Crippen LogP contribution is -2.48. The van der Waals surface area contributed by atoms with E-state index < -0.39 is 5.60 Å². The average Bonchev–Trinajstić information content (AvgIpc) is 2.47. The second kappa shape index (κ2) is 7.72. The molecule has 0 spiro atoms. The molecule has 2 saturated heterocycles. The van der Waals surface area contributed by atoms with Gasteiger partial charge in [0.25, 0.3) is 0 Å². The third kappa shape index (κ3) is 5.36. The zero-order valence-electron chi connectivity index (χ0n) is 15.7. The van der Waals surface area contributed by atoms with Crippen molar-refractivity contribution in [2.75, 3.05) is 26.7 Å². The Morgan fingerprint density at radius 2 is 1.67 bits per heavy atom. The molecule has 0 N–H and O–H groups in total. The lowest BCUT2D eigenvalue weighted by atomic mass is 9.92. The van der Waals surface area contributed by atoms with E-state index >= 15 is 0 Å². The summed E-state index contributed by atoms with van der Waals surface area (Å²) in [5.41, 5.74) is -0.499. The number of nitrogens with zero attached hydrogens (tertiary/aromatic N) is 2. The molecule has 2 rings (SSSR count). The van der Waals surface area contributed by atoms with Gasteiger partial charge < -0.3 is 19.3 Å². The normalized spacial score (nSPS) is 27.0. The summed E-state index contributed by atoms with van der Waals surface area (Å²) in [6.07, 6.45) is 2.87. The Labute approximate surface area is 145 Å². The summed E-state index contributed by atoms with van der Waals surface area (Å²) < 4.78 is 11.1. The average molecular weight is 340 g/mol. The molecule has 0 aromatic heterocycles. The quantitative estimate of drug-likeness (QED) is 0.723. The number of ether oxygens (including phenoxy) is 2. The molecular formula is C18H32N2O4. The summed E-state index contributed by atoms with van der Waals surface area (Å²) in [6.45, 7) is 10.1. The third-order valence-electron chi connectivity index (χ3n) is 4.79. The van der Waals surface area contributed by atoms with Gasteiger partial charge in [-0.15, -0.1) is 0 Å². The highest BCUT2D eigenvalue weighted by Gasteiger charge is 2.36. The van der Waals surface area contributed by atoms with E-state index in [4.69, 9.17) is 9.47 Å². The number of carbonyl (C=O) groups is 2. The highest BCUT2D eigenvalue weighted by molar-refractivity contribution is 5.74. The molecule has 6 heteroatoms. The molecule has 0 bridgehead atoms. The maximum absolute atomic E-state index is 12.4. The molecule has 2 unspecified atom stereocenters. The molecule has 0 aliphatic carbocycles. The Morgan fingerprint density at radius 1 is 1.04 bits per heavy atom. The summed E-state index contributed by atoms with van der Waals surface area (Å²) in [6, 6.07) is -0.0105. The van der Waals surface area contributed by atoms with Crippen LogP contribution in [0.5, 0.6) is 0 Å². The van der Waals surface area contributed by atoms with Gasteiger partial charge >= 0.3 is 12.1 Å². The number of rotatable bonds is 2. The largest absolute Gasteiger partial charge is 0.462 e. The third-order valence-corrected chi connectivity index (χ3v) is 4.79. The van der Waals surface area contributed by atoms with E-state index in [2.05, 4.69) is 11.9 Å². The van der Waals surface area contributed by atoms with Crippen molar-refractivity contribution in [2.24, 2.45) is 5.92 Å². The van der Waals surface area contributed by atoms with E-state index in [-0.39, 0.29) is 30.1 Å². The second-order valence-corrected chi connectivity index (χ2v) is 8.18. The standard InChI is InChI=1S/C18H32N2O4/c1-13-12-14(6-11-20(13)17(22)24-18(2,3)4)16(21)23-15-7-9-19(5)10-8-15/h13-15H,6-12H2,1-5H3. The predicted molar refractivity (Wildman–Crippen MR) is 91.7 cm³/mol. The first kappa shape index (κ1) is 19.0. The van der Waals surface area contributed by atoms with E-state index in [9.17, 15) is 9.59 Å². The van der Waals surface area contributed by atoms with Crippen LogP contribution in [0, 0.1) is 5.92 Å². The van der Waals surface area contributed by atoms with Crippen molar-refractivity contribution in [3.05, 3.63) is 0 Å². The SMILES string of the molecule is CC1CC(C(=O)OC2CCN(C)CC2)CCN1C(=O)OC(C)(C)C. The number of piperidine rings is 2. The number of hydrogen-bond acceptors (Lipinski definition) is 5. The van der Waals surface area contributed by atoms with Crippen molar-refractivity contribution in [3.8, 4) is 0 Å². The van der Waals surface area contributed by atoms with Crippen LogP contribution in [0.3, 0.4) is 0 Å². The maximum atomic E-state index is 12.4. The molecule has 2 aliphatic rings. The van der Waals surface area contributed by atoms with Crippen LogP contribution in [0.2, 0.25) is 0 Å². The first-order valence-corrected chi connectivity index (χ1v) is 9.04. The molecule has 0 aromatic carbocycles. The minimum absolute atomic E-state index is 0.0105. The van der Waals surface area contributed by atoms with Crippen LogP contribution >= 0.6 is 0 Å². The first-order valence-electron chi connectivity index (χ1n) is 9.04. The molecule has 138 valence electrons. The van der Waals surface area contributed by atoms with Gasteiger partial charge in [0.2, 0.25) is 0 Å². The van der Waals surface area contributed by atoms with Crippen LogP contribution in [0.15, 0.2) is 0 Å². The van der Waals surface area contributed by atoms with Gasteiger partial charge in [0.15, 0.2) is 0 Å². The Bertz CT molecular complexity index is 452. The number of likely N-dealkylation sites (tertiary alicyclic amines) is 2. The number of carbonyl (C=O) groups excluding carboxylic acids is 2. The number of esters is 1. The van der Waals surface area contributed by atoms with E-state index in [0.29, 0.717) is 19.4 Å². The molecule has 24 heavy (non-hydrogen) atoms. The smallest absolute Gasteiger partial charge is 0.410 e. The van der Waals surface area contributed by atoms with Gasteiger partial charge in [-0.25, -0.2) is 4.79 Å². The second-order valence-electron chi connectivity index (χ2n) is 8.18. The van der Waals surface area contributed by atoms with Gasteiger partial charge in [-0.3, -0.25) is 4.79 Å². The van der Waals surface area contributed by atoms with Gasteiger partial charge in [-0.1, -0.05) is 0 Å². The number of hydrogen-bond donors (Lipinski definition) is 0. The van der Waals surface area contributed by atoms with Crippen LogP contribution < -0.4 is 0 Å². The molecule has 2 fully saturated rings. The molecule has 0 aromatic rings. The van der Waals surface area contributed by atoms with Crippen LogP contribution in [0.1, 0.15) is 53.4 Å². The fourth-order valence-corrected chi connectivity index (χ4v) is 3.34. The zero-order chi connectivity index (χ0) is 17.9. The summed E-state index contributed by atoms with van der Waals surface area (Å²) >= 11 is 0. The summed E-state index contributed by atoms with van der Waals surface area (Å²) in [5.74, 6) is -0.210. The van der Waals surface area contributed by atoms with Crippen molar-refractivity contribution in [1.29, 1.82) is 0 Å². The highest BCUT2D eigenvalue weighted by atomic mass is 16.6. The van der Waals surface area contributed by atoms with Crippen molar-refractivity contribution in [1.82, 2.24) is 9.80 Å². The van der Waals surface area contributed by atoms with E-state index in [1.54, 1.807) is 4.90 Å². The van der Waals surface area contributed by atoms with Crippen molar-refractivity contribution in [2.45, 2.75) is 71.1 Å². The van der Waals surface area contributed by atoms with Crippen molar-refractivity contribution in [3.63, 3.8) is 0 Å². The topological polar surface area (TPSA) is 59.1 Å². The highest BCUT2D eigenvalue weighted by Crippen LogP contribution is 2.27. The van der Waals surface area contributed by atoms with Gasteiger partial charge in [0.05, 0.1) is 5.92 Å². The molecule has 0 saturated carbocycles. The van der Waals surface area contributed by atoms with Gasteiger partial charge in [0.1, 0.15) is 11.7 Å². The van der Waals surface area contributed by atoms with E-state index in [1.807, 2.05) is 27.7 Å². The lowest BCUT2D eigenvalue weighted by molar-refractivity contribution is -0.158. The van der Waals surface area contributed by atoms with Crippen LogP contribution in [-0.2, 0) is 14.3 Å². The Kier molecular flexibility index (Phi) is 6.12. The molecule has 2 aliphatic heterocycles. The lowest BCUT2D eigenvalue weighted by Gasteiger charge is -2.38. The summed E-state index contributed by atoms with van der Waals surface area (Å²) in [5, 5.41) is 0. The fourth-order valence-electron chi connectivity index (χ4n) is 3.34. The minimum Gasteiger partial charge on any atom is -0.462 e. The Balaban J connectivity index is 1.81. The Hall–Kier alpha value is -1.30. The van der Waals surface area contributed by atoms with Gasteiger partial charge in [0, 0.05) is 25.7 Å². The molecule has 6 nitrogen and oxygen atoms in total. The van der Waals surface area contributed by atoms with Crippen LogP contribution in [-0.4, -0.2) is 66.3 Å². The minimum atomic E-state index is -0.499. The maximum Gasteiger partial charge on any atom is 0.410 e. The monoisotopic (exact) mass is 340 g/mol. The van der Waals surface area contributed by atoms with Gasteiger partial charge in [-0.2, -0.15) is 0 Å². The van der Waals surface area contributed by atoms with Crippen LogP contribution in [0.25, 0.3) is 0 Å². The summed E-state index contributed by atoms with van der Waals surface area (Å²) in [7, 11) is 2.09. The predicted octanol–water partition coefficient (Wildman–Crippen LogP) is 2.66. The van der Waals surface area contributed by atoms with E-state index in [1.165, 1.54) is 0 Å². The van der Waals surface area contributed by atoms with E-state index in [0.717, 1.165) is 25.9 Å². The molecule has 2 atom stereocenters.